The first kappa shape index (κ1) is 23.8. The first-order chi connectivity index (χ1) is 14.0. The molecular formula is C21H21LiN4O3S. The third-order valence-electron chi connectivity index (χ3n) is 4.55. The molecule has 0 spiro atoms. The summed E-state index contributed by atoms with van der Waals surface area (Å²) in [5.74, 6) is 6.61. The van der Waals surface area contributed by atoms with Crippen molar-refractivity contribution in [2.45, 2.75) is 20.4 Å². The number of aromatic nitrogens is 1. The van der Waals surface area contributed by atoms with Crippen LogP contribution in [-0.4, -0.2) is 29.4 Å². The number of methoxy groups -OCH3 is 1. The van der Waals surface area contributed by atoms with E-state index in [0.29, 0.717) is 21.9 Å². The van der Waals surface area contributed by atoms with Gasteiger partial charge in [0.25, 0.3) is 0 Å². The summed E-state index contributed by atoms with van der Waals surface area (Å²) in [5.41, 5.74) is 2.56. The molecule has 9 heteroatoms. The molecule has 0 atom stereocenters. The zero-order valence-corrected chi connectivity index (χ0v) is 18.2. The van der Waals surface area contributed by atoms with Gasteiger partial charge in [0, 0.05) is 18.0 Å². The van der Waals surface area contributed by atoms with Gasteiger partial charge >= 0.3 is 18.9 Å². The molecule has 0 saturated carbocycles. The number of benzene rings is 1. The second-order valence-electron chi connectivity index (χ2n) is 6.38. The molecule has 0 bridgehead atoms. The summed E-state index contributed by atoms with van der Waals surface area (Å²) in [7, 11) is 1.57. The van der Waals surface area contributed by atoms with E-state index in [1.54, 1.807) is 49.8 Å². The van der Waals surface area contributed by atoms with Crippen molar-refractivity contribution < 1.29 is 33.2 Å². The molecule has 0 aliphatic heterocycles. The Morgan fingerprint density at radius 1 is 1.23 bits per heavy atom. The predicted octanol–water partition coefficient (Wildman–Crippen LogP) is 0.168. The van der Waals surface area contributed by atoms with Gasteiger partial charge in [0.05, 0.1) is 20.1 Å². The van der Waals surface area contributed by atoms with Gasteiger partial charge in [0.15, 0.2) is 5.78 Å². The minimum Gasteiger partial charge on any atom is -0.497 e. The average molecular weight is 416 g/mol. The topological polar surface area (TPSA) is 88.8 Å². The number of rotatable bonds is 8. The fraction of sp³-hybridized carbons (Fsp3) is 0.190. The van der Waals surface area contributed by atoms with Crippen molar-refractivity contribution >= 4 is 28.5 Å². The van der Waals surface area contributed by atoms with Crippen LogP contribution in [-0.2, 0) is 11.3 Å². The number of hydrogen-bond acceptors (Lipinski definition) is 7. The van der Waals surface area contributed by atoms with E-state index < -0.39 is 0 Å². The zero-order chi connectivity index (χ0) is 21.0. The number of hydrazine groups is 2. The molecule has 0 fully saturated rings. The Hall–Kier alpha value is -2.47. The Kier molecular flexibility index (Phi) is 8.35. The smallest absolute Gasteiger partial charge is 0.497 e. The number of carbonyl (C=O) groups excluding carboxylic acids is 2. The summed E-state index contributed by atoms with van der Waals surface area (Å²) in [4.78, 5) is 30.0. The normalized spacial score (nSPS) is 10.4. The van der Waals surface area contributed by atoms with Crippen molar-refractivity contribution in [3.05, 3.63) is 75.9 Å². The van der Waals surface area contributed by atoms with Crippen LogP contribution in [0.5, 0.6) is 5.75 Å². The number of anilines is 1. The van der Waals surface area contributed by atoms with E-state index in [4.69, 9.17) is 10.6 Å². The minimum absolute atomic E-state index is 0. The third kappa shape index (κ3) is 4.98. The third-order valence-corrected chi connectivity index (χ3v) is 5.73. The van der Waals surface area contributed by atoms with E-state index in [9.17, 15) is 9.59 Å². The summed E-state index contributed by atoms with van der Waals surface area (Å²) in [6, 6.07) is 10.5. The van der Waals surface area contributed by atoms with Crippen LogP contribution in [0.4, 0.5) is 5.00 Å². The number of ether oxygens (including phenoxy) is 1. The quantitative estimate of drug-likeness (QED) is 0.141. The van der Waals surface area contributed by atoms with Crippen molar-refractivity contribution in [2.24, 2.45) is 5.84 Å². The molecule has 0 aliphatic carbocycles. The van der Waals surface area contributed by atoms with Crippen molar-refractivity contribution in [2.75, 3.05) is 12.1 Å². The van der Waals surface area contributed by atoms with E-state index in [1.165, 1.54) is 16.5 Å². The molecule has 30 heavy (non-hydrogen) atoms. The van der Waals surface area contributed by atoms with Crippen molar-refractivity contribution in [1.82, 2.24) is 10.1 Å². The number of nitrogens with zero attached hydrogens (tertiary/aromatic N) is 3. The number of thiophene rings is 1. The van der Waals surface area contributed by atoms with Crippen molar-refractivity contribution in [3.8, 4) is 5.75 Å². The van der Waals surface area contributed by atoms with Gasteiger partial charge in [0.1, 0.15) is 5.75 Å². The molecule has 0 radical (unpaired) electrons. The molecule has 1 aromatic carbocycles. The first-order valence-corrected chi connectivity index (χ1v) is 9.65. The van der Waals surface area contributed by atoms with Crippen LogP contribution in [0.25, 0.3) is 0 Å². The van der Waals surface area contributed by atoms with Gasteiger partial charge in [-0.2, -0.15) is 5.12 Å². The van der Waals surface area contributed by atoms with Crippen molar-refractivity contribution in [1.29, 1.82) is 0 Å². The van der Waals surface area contributed by atoms with E-state index in [-0.39, 0.29) is 31.2 Å². The Labute approximate surface area is 191 Å². The second kappa shape index (κ2) is 10.5. The zero-order valence-electron chi connectivity index (χ0n) is 17.4. The monoisotopic (exact) mass is 416 g/mol. The molecule has 150 valence electrons. The summed E-state index contributed by atoms with van der Waals surface area (Å²) in [6.07, 6.45) is 5.17. The molecule has 0 unspecified atom stereocenters. The van der Waals surface area contributed by atoms with Gasteiger partial charge in [-0.1, -0.05) is 6.07 Å². The Morgan fingerprint density at radius 3 is 2.50 bits per heavy atom. The molecule has 0 saturated heterocycles. The number of hydrogen-bond donors (Lipinski definition) is 1. The first-order valence-electron chi connectivity index (χ1n) is 8.84. The molecule has 2 N–H and O–H groups in total. The summed E-state index contributed by atoms with van der Waals surface area (Å²) < 4.78 is 5.15. The van der Waals surface area contributed by atoms with Crippen LogP contribution in [0, 0.1) is 13.8 Å². The molecule has 3 rings (SSSR count). The molecule has 1 amide bonds. The number of nitrogens with two attached hydrogens (primary N) is 1. The van der Waals surface area contributed by atoms with Crippen LogP contribution in [0.1, 0.15) is 31.9 Å². The largest absolute Gasteiger partial charge is 1.00 e. The van der Waals surface area contributed by atoms with Gasteiger partial charge in [-0.25, -0.2) is 11.3 Å². The maximum atomic E-state index is 13.2. The molecular weight excluding hydrogens is 395 g/mol. The number of carbonyl (C=O) groups is 1. The molecule has 3 aromatic rings. The van der Waals surface area contributed by atoms with E-state index in [0.717, 1.165) is 21.0 Å². The Balaban J connectivity index is 0.00000320. The van der Waals surface area contributed by atoms with Crippen LogP contribution in [0.3, 0.4) is 0 Å². The number of aryl methyl sites for hydroxylation is 1. The van der Waals surface area contributed by atoms with E-state index in [1.807, 2.05) is 26.3 Å². The second-order valence-corrected chi connectivity index (χ2v) is 7.59. The maximum absolute atomic E-state index is 13.2. The van der Waals surface area contributed by atoms with Crippen LogP contribution < -0.4 is 34.4 Å². The molecule has 2 heterocycles. The van der Waals surface area contributed by atoms with E-state index in [2.05, 4.69) is 4.98 Å². The van der Waals surface area contributed by atoms with Gasteiger partial charge in [-0.3, -0.25) is 15.6 Å². The van der Waals surface area contributed by atoms with Crippen LogP contribution in [0.15, 0.2) is 48.8 Å². The SMILES string of the molecule is COc1ccc(C(=O)c2c(N([C-]=O)N(N)Cc3cccnc3)sc(C)c2C)cc1.[Li+]. The number of ketones is 1. The van der Waals surface area contributed by atoms with Gasteiger partial charge in [-0.05, 0) is 70.7 Å². The average Bonchev–Trinajstić information content (AvgIpc) is 3.03. The fourth-order valence-corrected chi connectivity index (χ4v) is 3.99. The molecule has 0 aliphatic rings. The molecule has 2 aromatic heterocycles. The summed E-state index contributed by atoms with van der Waals surface area (Å²) >= 11 is 1.32. The summed E-state index contributed by atoms with van der Waals surface area (Å²) in [5, 5.41) is 2.80. The van der Waals surface area contributed by atoms with Gasteiger partial charge < -0.3 is 14.5 Å². The standard InChI is InChI=1S/C21H21N4O3S.Li/c1-14-15(2)29-21(19(14)20(27)17-6-8-18(28-3)9-7-17)24(13-26)25(22)12-16-5-4-10-23-11-16;/h4-11H,12,22H2,1-3H3;/q-1;+1. The van der Waals surface area contributed by atoms with E-state index >= 15 is 0 Å². The minimum atomic E-state index is -0.195. The van der Waals surface area contributed by atoms with Crippen LogP contribution >= 0.6 is 11.3 Å². The summed E-state index contributed by atoms with van der Waals surface area (Å²) in [6.45, 7) is 3.99. The van der Waals surface area contributed by atoms with Crippen molar-refractivity contribution in [3.63, 3.8) is 0 Å². The Morgan fingerprint density at radius 2 is 1.93 bits per heavy atom. The van der Waals surface area contributed by atoms with Gasteiger partial charge in [0.2, 0.25) is 0 Å². The molecule has 7 nitrogen and oxygen atoms in total. The maximum Gasteiger partial charge on any atom is 1.00 e. The van der Waals surface area contributed by atoms with Crippen LogP contribution in [0.2, 0.25) is 0 Å². The fourth-order valence-electron chi connectivity index (χ4n) is 2.87. The Bertz CT molecular complexity index is 1010. The number of pyridine rings is 1. The van der Waals surface area contributed by atoms with Gasteiger partial charge in [-0.15, -0.1) is 0 Å². The predicted molar refractivity (Wildman–Crippen MR) is 112 cm³/mol. The number of amides is 1.